The summed E-state index contributed by atoms with van der Waals surface area (Å²) in [5, 5.41) is 4.91. The first-order valence-electron chi connectivity index (χ1n) is 4.73. The Hall–Kier alpha value is -0.780. The minimum atomic E-state index is -4.78. The van der Waals surface area contributed by atoms with E-state index in [9.17, 15) is 18.0 Å². The summed E-state index contributed by atoms with van der Waals surface area (Å²) in [5.41, 5.74) is -0.0615. The van der Waals surface area contributed by atoms with Crippen molar-refractivity contribution in [2.45, 2.75) is 38.9 Å². The fourth-order valence-electron chi connectivity index (χ4n) is 0.854. The van der Waals surface area contributed by atoms with Gasteiger partial charge in [0.15, 0.2) is 0 Å². The van der Waals surface area contributed by atoms with E-state index in [0.717, 1.165) is 0 Å². The van der Waals surface area contributed by atoms with Gasteiger partial charge in [0.05, 0.1) is 0 Å². The predicted molar refractivity (Wildman–Crippen MR) is 51.4 cm³/mol. The van der Waals surface area contributed by atoms with E-state index >= 15 is 0 Å². The zero-order chi connectivity index (χ0) is 12.1. The van der Waals surface area contributed by atoms with Gasteiger partial charge >= 0.3 is 12.1 Å². The standard InChI is InChI=1S/C9H17F3N2O/c1-8(2,3)14-6-4-5-13-7(15)9(10,11)12/h14H,4-6H2,1-3H3,(H,13,15). The molecule has 1 amide bonds. The van der Waals surface area contributed by atoms with Crippen molar-refractivity contribution in [3.8, 4) is 0 Å². The molecule has 0 aromatic carbocycles. The predicted octanol–water partition coefficient (Wildman–Crippen LogP) is 1.44. The molecule has 3 nitrogen and oxygen atoms in total. The van der Waals surface area contributed by atoms with Gasteiger partial charge in [-0.2, -0.15) is 13.2 Å². The molecule has 0 spiro atoms. The zero-order valence-corrected chi connectivity index (χ0v) is 9.16. The molecule has 0 saturated heterocycles. The molecule has 0 aliphatic carbocycles. The lowest BCUT2D eigenvalue weighted by atomic mass is 10.1. The van der Waals surface area contributed by atoms with Gasteiger partial charge in [-0.15, -0.1) is 0 Å². The summed E-state index contributed by atoms with van der Waals surface area (Å²) in [6.45, 7) is 6.48. The van der Waals surface area contributed by atoms with Gasteiger partial charge in [-0.05, 0) is 33.7 Å². The van der Waals surface area contributed by atoms with E-state index < -0.39 is 12.1 Å². The molecule has 0 radical (unpaired) electrons. The SMILES string of the molecule is CC(C)(C)NCCCNC(=O)C(F)(F)F. The van der Waals surface area contributed by atoms with Crippen molar-refractivity contribution in [2.24, 2.45) is 0 Å². The molecule has 6 heteroatoms. The van der Waals surface area contributed by atoms with Crippen molar-refractivity contribution in [2.75, 3.05) is 13.1 Å². The van der Waals surface area contributed by atoms with Crippen LogP contribution in [0.15, 0.2) is 0 Å². The maximum Gasteiger partial charge on any atom is 0.471 e. The molecule has 0 aromatic heterocycles. The number of hydrogen-bond donors (Lipinski definition) is 2. The van der Waals surface area contributed by atoms with E-state index in [2.05, 4.69) is 5.32 Å². The molecule has 0 unspecified atom stereocenters. The smallest absolute Gasteiger partial charge is 0.348 e. The second-order valence-corrected chi connectivity index (χ2v) is 4.28. The van der Waals surface area contributed by atoms with E-state index in [-0.39, 0.29) is 12.1 Å². The van der Waals surface area contributed by atoms with Crippen LogP contribution in [0.25, 0.3) is 0 Å². The number of carbonyl (C=O) groups is 1. The molecule has 0 atom stereocenters. The fourth-order valence-corrected chi connectivity index (χ4v) is 0.854. The van der Waals surface area contributed by atoms with Gasteiger partial charge in [-0.1, -0.05) is 0 Å². The molecule has 0 fully saturated rings. The third kappa shape index (κ3) is 8.23. The molecule has 90 valence electrons. The van der Waals surface area contributed by atoms with Crippen molar-refractivity contribution in [3.05, 3.63) is 0 Å². The van der Waals surface area contributed by atoms with Crippen LogP contribution in [0.3, 0.4) is 0 Å². The molecule has 0 bridgehead atoms. The number of nitrogens with one attached hydrogen (secondary N) is 2. The van der Waals surface area contributed by atoms with Gasteiger partial charge in [-0.25, -0.2) is 0 Å². The highest BCUT2D eigenvalue weighted by Gasteiger charge is 2.38. The number of amides is 1. The number of rotatable bonds is 4. The first kappa shape index (κ1) is 14.2. The van der Waals surface area contributed by atoms with Crippen molar-refractivity contribution in [1.82, 2.24) is 10.6 Å². The Morgan fingerprint density at radius 2 is 1.67 bits per heavy atom. The summed E-state index contributed by atoms with van der Waals surface area (Å²) in [7, 11) is 0. The van der Waals surface area contributed by atoms with Crippen LogP contribution in [0, 0.1) is 0 Å². The zero-order valence-electron chi connectivity index (χ0n) is 9.16. The van der Waals surface area contributed by atoms with Crippen LogP contribution in [0.2, 0.25) is 0 Å². The van der Waals surface area contributed by atoms with Crippen LogP contribution in [0.4, 0.5) is 13.2 Å². The maximum absolute atomic E-state index is 11.7. The van der Waals surface area contributed by atoms with Crippen LogP contribution < -0.4 is 10.6 Å². The Kier molecular flexibility index (Phi) is 5.07. The lowest BCUT2D eigenvalue weighted by Crippen LogP contribution is -2.40. The lowest BCUT2D eigenvalue weighted by molar-refractivity contribution is -0.173. The first-order chi connectivity index (χ1) is 6.63. The van der Waals surface area contributed by atoms with E-state index in [4.69, 9.17) is 0 Å². The Morgan fingerprint density at radius 1 is 1.13 bits per heavy atom. The third-order valence-electron chi connectivity index (χ3n) is 1.55. The number of halogens is 3. The second-order valence-electron chi connectivity index (χ2n) is 4.28. The maximum atomic E-state index is 11.7. The summed E-state index contributed by atoms with van der Waals surface area (Å²) in [6, 6.07) is 0. The van der Waals surface area contributed by atoms with Crippen molar-refractivity contribution >= 4 is 5.91 Å². The van der Waals surface area contributed by atoms with E-state index in [0.29, 0.717) is 13.0 Å². The minimum Gasteiger partial charge on any atom is -0.348 e. The molecule has 0 aromatic rings. The topological polar surface area (TPSA) is 41.1 Å². The minimum absolute atomic E-state index is 0.0292. The van der Waals surface area contributed by atoms with E-state index in [1.807, 2.05) is 20.8 Å². The van der Waals surface area contributed by atoms with Crippen LogP contribution in [0.1, 0.15) is 27.2 Å². The molecular weight excluding hydrogens is 209 g/mol. The van der Waals surface area contributed by atoms with Gasteiger partial charge in [0.1, 0.15) is 0 Å². The molecule has 0 saturated carbocycles. The summed E-state index contributed by atoms with van der Waals surface area (Å²) >= 11 is 0. The molecule has 15 heavy (non-hydrogen) atoms. The largest absolute Gasteiger partial charge is 0.471 e. The van der Waals surface area contributed by atoms with Gasteiger partial charge in [0.2, 0.25) is 0 Å². The van der Waals surface area contributed by atoms with Crippen LogP contribution in [-0.2, 0) is 4.79 Å². The quantitative estimate of drug-likeness (QED) is 0.712. The first-order valence-corrected chi connectivity index (χ1v) is 4.73. The number of carbonyl (C=O) groups excluding carboxylic acids is 1. The van der Waals surface area contributed by atoms with Gasteiger partial charge in [-0.3, -0.25) is 4.79 Å². The Morgan fingerprint density at radius 3 is 2.07 bits per heavy atom. The van der Waals surface area contributed by atoms with Gasteiger partial charge in [0, 0.05) is 12.1 Å². The van der Waals surface area contributed by atoms with Crippen molar-refractivity contribution in [1.29, 1.82) is 0 Å². The molecule has 0 aliphatic rings. The van der Waals surface area contributed by atoms with E-state index in [1.165, 1.54) is 0 Å². The molecule has 0 heterocycles. The van der Waals surface area contributed by atoms with Crippen molar-refractivity contribution in [3.63, 3.8) is 0 Å². The van der Waals surface area contributed by atoms with Gasteiger partial charge in [0.25, 0.3) is 0 Å². The molecule has 2 N–H and O–H groups in total. The average Bonchev–Trinajstić information content (AvgIpc) is 1.99. The third-order valence-corrected chi connectivity index (χ3v) is 1.55. The second kappa shape index (κ2) is 5.34. The highest BCUT2D eigenvalue weighted by molar-refractivity contribution is 5.81. The molecular formula is C9H17F3N2O. The van der Waals surface area contributed by atoms with Gasteiger partial charge < -0.3 is 10.6 Å². The Bertz CT molecular complexity index is 208. The monoisotopic (exact) mass is 226 g/mol. The highest BCUT2D eigenvalue weighted by Crippen LogP contribution is 2.13. The summed E-state index contributed by atoms with van der Waals surface area (Å²) in [5.74, 6) is -1.88. The van der Waals surface area contributed by atoms with E-state index in [1.54, 1.807) is 5.32 Å². The highest BCUT2D eigenvalue weighted by atomic mass is 19.4. The number of hydrogen-bond acceptors (Lipinski definition) is 2. The lowest BCUT2D eigenvalue weighted by Gasteiger charge is -2.20. The fraction of sp³-hybridized carbons (Fsp3) is 0.889. The summed E-state index contributed by atoms with van der Waals surface area (Å²) < 4.78 is 35.2. The summed E-state index contributed by atoms with van der Waals surface area (Å²) in [4.78, 5) is 10.4. The average molecular weight is 226 g/mol. The molecule has 0 aliphatic heterocycles. The Labute approximate surface area is 87.4 Å². The van der Waals surface area contributed by atoms with Crippen LogP contribution >= 0.6 is 0 Å². The van der Waals surface area contributed by atoms with Crippen LogP contribution in [0.5, 0.6) is 0 Å². The number of alkyl halides is 3. The van der Waals surface area contributed by atoms with Crippen LogP contribution in [-0.4, -0.2) is 30.7 Å². The Balaban J connectivity index is 3.53. The van der Waals surface area contributed by atoms with Crippen molar-refractivity contribution < 1.29 is 18.0 Å². The normalized spacial score (nSPS) is 12.7. The molecule has 0 rings (SSSR count). The summed E-state index contributed by atoms with van der Waals surface area (Å²) in [6.07, 6.45) is -4.31.